The number of anilines is 1. The van der Waals surface area contributed by atoms with Gasteiger partial charge in [-0.05, 0) is 34.1 Å². The fourth-order valence-corrected chi connectivity index (χ4v) is 1.70. The van der Waals surface area contributed by atoms with E-state index in [2.05, 4.69) is 25.9 Å². The zero-order valence-electron chi connectivity index (χ0n) is 8.02. The van der Waals surface area contributed by atoms with E-state index in [1.54, 1.807) is 18.2 Å². The normalized spacial score (nSPS) is 10.1. The maximum atomic E-state index is 5.71. The lowest BCUT2D eigenvalue weighted by Gasteiger charge is -2.06. The van der Waals surface area contributed by atoms with Gasteiger partial charge in [-0.25, -0.2) is 9.97 Å². The topological polar surface area (TPSA) is 61.0 Å². The number of rotatable bonds is 2. The van der Waals surface area contributed by atoms with Crippen molar-refractivity contribution >= 4 is 33.2 Å². The summed E-state index contributed by atoms with van der Waals surface area (Å²) >= 11 is 9.05. The summed E-state index contributed by atoms with van der Waals surface area (Å²) < 4.78 is 6.26. The molecule has 4 nitrogen and oxygen atoms in total. The SMILES string of the molecule is Nc1ccc(Oc2cc(Cl)ncn2)c(Br)c1. The first kappa shape index (κ1) is 11.2. The molecule has 0 radical (unpaired) electrons. The molecule has 0 amide bonds. The predicted molar refractivity (Wildman–Crippen MR) is 65.7 cm³/mol. The van der Waals surface area contributed by atoms with Gasteiger partial charge in [-0.15, -0.1) is 0 Å². The van der Waals surface area contributed by atoms with Gasteiger partial charge in [0, 0.05) is 11.8 Å². The Balaban J connectivity index is 2.27. The molecule has 0 bridgehead atoms. The van der Waals surface area contributed by atoms with E-state index in [9.17, 15) is 0 Å². The Morgan fingerprint density at radius 1 is 1.25 bits per heavy atom. The van der Waals surface area contributed by atoms with E-state index in [1.807, 2.05) is 0 Å². The second-order valence-electron chi connectivity index (χ2n) is 2.97. The first-order chi connectivity index (χ1) is 7.65. The van der Waals surface area contributed by atoms with Crippen molar-refractivity contribution in [2.24, 2.45) is 0 Å². The standard InChI is InChI=1S/C10H7BrClN3O/c11-7-3-6(13)1-2-8(7)16-10-4-9(12)14-5-15-10/h1-5H,13H2. The first-order valence-electron chi connectivity index (χ1n) is 4.35. The number of nitrogens with two attached hydrogens (primary N) is 1. The van der Waals surface area contributed by atoms with Crippen LogP contribution >= 0.6 is 27.5 Å². The van der Waals surface area contributed by atoms with Gasteiger partial charge in [-0.1, -0.05) is 11.6 Å². The van der Waals surface area contributed by atoms with Crippen LogP contribution in [0.3, 0.4) is 0 Å². The van der Waals surface area contributed by atoms with Crippen LogP contribution in [0, 0.1) is 0 Å². The van der Waals surface area contributed by atoms with Crippen LogP contribution < -0.4 is 10.5 Å². The largest absolute Gasteiger partial charge is 0.438 e. The highest BCUT2D eigenvalue weighted by atomic mass is 79.9. The van der Waals surface area contributed by atoms with Gasteiger partial charge in [0.15, 0.2) is 0 Å². The van der Waals surface area contributed by atoms with Gasteiger partial charge in [0.05, 0.1) is 4.47 Å². The van der Waals surface area contributed by atoms with Crippen molar-refractivity contribution in [2.75, 3.05) is 5.73 Å². The van der Waals surface area contributed by atoms with E-state index in [-0.39, 0.29) is 0 Å². The molecule has 1 aromatic carbocycles. The average molecular weight is 301 g/mol. The predicted octanol–water partition coefficient (Wildman–Crippen LogP) is 3.27. The quantitative estimate of drug-likeness (QED) is 0.683. The van der Waals surface area contributed by atoms with Crippen molar-refractivity contribution in [3.05, 3.63) is 40.2 Å². The van der Waals surface area contributed by atoms with E-state index in [0.29, 0.717) is 22.5 Å². The Labute approximate surface area is 106 Å². The molecule has 1 heterocycles. The fraction of sp³-hybridized carbons (Fsp3) is 0. The summed E-state index contributed by atoms with van der Waals surface area (Å²) in [6.07, 6.45) is 1.34. The third kappa shape index (κ3) is 2.62. The second-order valence-corrected chi connectivity index (χ2v) is 4.21. The number of ether oxygens (including phenoxy) is 1. The molecule has 6 heteroatoms. The number of aromatic nitrogens is 2. The monoisotopic (exact) mass is 299 g/mol. The zero-order valence-corrected chi connectivity index (χ0v) is 10.4. The molecule has 0 spiro atoms. The third-order valence-corrected chi connectivity index (χ3v) is 2.61. The molecule has 0 saturated heterocycles. The molecule has 0 unspecified atom stereocenters. The van der Waals surface area contributed by atoms with Crippen LogP contribution in [0.15, 0.2) is 35.1 Å². The van der Waals surface area contributed by atoms with Crippen molar-refractivity contribution < 1.29 is 4.74 Å². The Bertz CT molecular complexity index is 521. The van der Waals surface area contributed by atoms with Gasteiger partial charge in [-0.2, -0.15) is 0 Å². The third-order valence-electron chi connectivity index (χ3n) is 1.78. The number of nitrogen functional groups attached to an aromatic ring is 1. The first-order valence-corrected chi connectivity index (χ1v) is 5.52. The smallest absolute Gasteiger partial charge is 0.223 e. The summed E-state index contributed by atoms with van der Waals surface area (Å²) in [4.78, 5) is 7.69. The summed E-state index contributed by atoms with van der Waals surface area (Å²) in [5.41, 5.74) is 6.27. The number of hydrogen-bond donors (Lipinski definition) is 1. The second kappa shape index (κ2) is 4.67. The molecule has 2 N–H and O–H groups in total. The van der Waals surface area contributed by atoms with Gasteiger partial charge < -0.3 is 10.5 Å². The minimum absolute atomic E-state index is 0.330. The van der Waals surface area contributed by atoms with Gasteiger partial charge in [0.2, 0.25) is 5.88 Å². The van der Waals surface area contributed by atoms with E-state index in [0.717, 1.165) is 4.47 Å². The molecule has 0 fully saturated rings. The van der Waals surface area contributed by atoms with Crippen LogP contribution in [0.5, 0.6) is 11.6 Å². The summed E-state index contributed by atoms with van der Waals surface area (Å²) in [7, 11) is 0. The molecule has 16 heavy (non-hydrogen) atoms. The van der Waals surface area contributed by atoms with Gasteiger partial charge in [-0.3, -0.25) is 0 Å². The zero-order chi connectivity index (χ0) is 11.5. The summed E-state index contributed by atoms with van der Waals surface area (Å²) in [6.45, 7) is 0. The molecular formula is C10H7BrClN3O. The average Bonchev–Trinajstić information content (AvgIpc) is 2.22. The highest BCUT2D eigenvalue weighted by Gasteiger charge is 2.04. The van der Waals surface area contributed by atoms with E-state index in [4.69, 9.17) is 22.1 Å². The van der Waals surface area contributed by atoms with Crippen molar-refractivity contribution in [3.63, 3.8) is 0 Å². The number of benzene rings is 1. The Morgan fingerprint density at radius 3 is 2.75 bits per heavy atom. The lowest BCUT2D eigenvalue weighted by molar-refractivity contribution is 0.459. The number of halogens is 2. The van der Waals surface area contributed by atoms with Gasteiger partial charge >= 0.3 is 0 Å². The number of hydrogen-bond acceptors (Lipinski definition) is 4. The Morgan fingerprint density at radius 2 is 2.06 bits per heavy atom. The maximum absolute atomic E-state index is 5.71. The minimum Gasteiger partial charge on any atom is -0.438 e. The van der Waals surface area contributed by atoms with Gasteiger partial charge in [0.25, 0.3) is 0 Å². The molecule has 2 aromatic rings. The van der Waals surface area contributed by atoms with Crippen LogP contribution in [0.25, 0.3) is 0 Å². The Kier molecular flexibility index (Phi) is 3.26. The molecule has 0 saturated carbocycles. The van der Waals surface area contributed by atoms with Crippen molar-refractivity contribution in [1.29, 1.82) is 0 Å². The van der Waals surface area contributed by atoms with Crippen molar-refractivity contribution in [3.8, 4) is 11.6 Å². The fourth-order valence-electron chi connectivity index (χ4n) is 1.09. The minimum atomic E-state index is 0.330. The van der Waals surface area contributed by atoms with Crippen LogP contribution in [0.1, 0.15) is 0 Å². The van der Waals surface area contributed by atoms with E-state index in [1.165, 1.54) is 12.4 Å². The maximum Gasteiger partial charge on any atom is 0.223 e. The molecule has 2 rings (SSSR count). The van der Waals surface area contributed by atoms with E-state index < -0.39 is 0 Å². The molecule has 0 aliphatic rings. The molecule has 0 aliphatic carbocycles. The van der Waals surface area contributed by atoms with Crippen molar-refractivity contribution in [2.45, 2.75) is 0 Å². The molecule has 1 aromatic heterocycles. The van der Waals surface area contributed by atoms with Crippen LogP contribution in [-0.2, 0) is 0 Å². The van der Waals surface area contributed by atoms with Crippen LogP contribution in [-0.4, -0.2) is 9.97 Å². The van der Waals surface area contributed by atoms with Gasteiger partial charge in [0.1, 0.15) is 17.2 Å². The lowest BCUT2D eigenvalue weighted by Crippen LogP contribution is -1.91. The highest BCUT2D eigenvalue weighted by Crippen LogP contribution is 2.30. The van der Waals surface area contributed by atoms with Crippen LogP contribution in [0.2, 0.25) is 5.15 Å². The summed E-state index contributed by atoms with van der Waals surface area (Å²) in [5, 5.41) is 0.330. The molecular weight excluding hydrogens is 293 g/mol. The molecule has 82 valence electrons. The van der Waals surface area contributed by atoms with Crippen LogP contribution in [0.4, 0.5) is 5.69 Å². The lowest BCUT2D eigenvalue weighted by atomic mass is 10.3. The molecule has 0 aliphatic heterocycles. The summed E-state index contributed by atoms with van der Waals surface area (Å²) in [5.74, 6) is 0.995. The molecule has 0 atom stereocenters. The highest BCUT2D eigenvalue weighted by molar-refractivity contribution is 9.10. The summed E-state index contributed by atoms with van der Waals surface area (Å²) in [6, 6.07) is 6.76. The van der Waals surface area contributed by atoms with Crippen molar-refractivity contribution in [1.82, 2.24) is 9.97 Å². The van der Waals surface area contributed by atoms with E-state index >= 15 is 0 Å². The number of nitrogens with zero attached hydrogens (tertiary/aromatic N) is 2. The Hall–Kier alpha value is -1.33.